The quantitative estimate of drug-likeness (QED) is 0.157. The van der Waals surface area contributed by atoms with E-state index in [1.807, 2.05) is 102 Å². The van der Waals surface area contributed by atoms with Crippen molar-refractivity contribution in [1.29, 1.82) is 0 Å². The number of anilines is 4. The molecule has 60 heavy (non-hydrogen) atoms. The van der Waals surface area contributed by atoms with Gasteiger partial charge in [0.1, 0.15) is 11.2 Å². The highest BCUT2D eigenvalue weighted by atomic mass is 31.2. The van der Waals surface area contributed by atoms with E-state index in [2.05, 4.69) is 131 Å². The van der Waals surface area contributed by atoms with Crippen molar-refractivity contribution in [3.05, 3.63) is 218 Å². The molecule has 1 aliphatic heterocycles. The molecule has 0 amide bonds. The number of benzene rings is 9. The van der Waals surface area contributed by atoms with Crippen molar-refractivity contribution in [3.63, 3.8) is 0 Å². The predicted molar refractivity (Wildman–Crippen MR) is 250 cm³/mol. The van der Waals surface area contributed by atoms with Crippen LogP contribution in [0, 0.1) is 0 Å². The summed E-state index contributed by atoms with van der Waals surface area (Å²) in [6.45, 7) is 0. The number of hydrogen-bond acceptors (Lipinski definition) is 2. The lowest BCUT2D eigenvalue weighted by molar-refractivity contribution is 0.582. The Morgan fingerprint density at radius 2 is 0.950 bits per heavy atom. The van der Waals surface area contributed by atoms with Crippen molar-refractivity contribution in [2.24, 2.45) is 0 Å². The minimum atomic E-state index is -3.50. The summed E-state index contributed by atoms with van der Waals surface area (Å²) in [7, 11) is -3.50. The van der Waals surface area contributed by atoms with Crippen LogP contribution in [0.25, 0.3) is 71.7 Å². The Balaban J connectivity index is 1.04. The molecule has 0 saturated heterocycles. The van der Waals surface area contributed by atoms with E-state index >= 15 is 4.57 Å². The van der Waals surface area contributed by atoms with Crippen molar-refractivity contribution in [3.8, 4) is 27.9 Å². The lowest BCUT2D eigenvalue weighted by Crippen LogP contribution is -2.26. The third kappa shape index (κ3) is 5.16. The highest BCUT2D eigenvalue weighted by Gasteiger charge is 2.49. The van der Waals surface area contributed by atoms with Gasteiger partial charge >= 0.3 is 7.44 Å². The molecule has 1 unspecified atom stereocenters. The van der Waals surface area contributed by atoms with Gasteiger partial charge in [-0.2, -0.15) is 0 Å². The van der Waals surface area contributed by atoms with Crippen LogP contribution in [-0.2, 0) is 4.57 Å². The van der Waals surface area contributed by atoms with Crippen molar-refractivity contribution in [2.75, 3.05) is 9.34 Å². The van der Waals surface area contributed by atoms with Crippen LogP contribution in [0.4, 0.5) is 22.7 Å². The van der Waals surface area contributed by atoms with Gasteiger partial charge in [-0.1, -0.05) is 121 Å². The molecule has 0 aliphatic carbocycles. The van der Waals surface area contributed by atoms with Gasteiger partial charge in [0.05, 0.1) is 27.7 Å². The minimum absolute atomic E-state index is 0.758. The van der Waals surface area contributed by atoms with E-state index in [0.29, 0.717) is 0 Å². The van der Waals surface area contributed by atoms with E-state index in [0.717, 1.165) is 77.9 Å². The Kier molecular flexibility index (Phi) is 7.75. The number of rotatable bonds is 6. The monoisotopic (exact) mass is 789 g/mol. The van der Waals surface area contributed by atoms with Crippen LogP contribution in [0.2, 0.25) is 0 Å². The lowest BCUT2D eigenvalue weighted by atomic mass is 9.96. The fourth-order valence-corrected chi connectivity index (χ4v) is 12.3. The average Bonchev–Trinajstić information content (AvgIpc) is 3.95. The lowest BCUT2D eigenvalue weighted by Gasteiger charge is -2.33. The Morgan fingerprint density at radius 3 is 1.67 bits per heavy atom. The Morgan fingerprint density at radius 1 is 0.383 bits per heavy atom. The van der Waals surface area contributed by atoms with Crippen LogP contribution in [0.1, 0.15) is 0 Å². The molecule has 11 aromatic rings. The molecule has 1 atom stereocenters. The topological polar surface area (TPSA) is 41.6 Å². The molecule has 6 heteroatoms. The third-order valence-electron chi connectivity index (χ3n) is 11.9. The maximum atomic E-state index is 16.2. The van der Waals surface area contributed by atoms with E-state index in [4.69, 9.17) is 4.42 Å². The van der Waals surface area contributed by atoms with E-state index in [-0.39, 0.29) is 0 Å². The molecule has 2 aromatic heterocycles. The van der Waals surface area contributed by atoms with Crippen LogP contribution in [-0.4, -0.2) is 4.57 Å². The summed E-state index contributed by atoms with van der Waals surface area (Å²) >= 11 is 0. The largest absolute Gasteiger partial charge is 0.456 e. The third-order valence-corrected chi connectivity index (χ3v) is 14.8. The first kappa shape index (κ1) is 34.5. The van der Waals surface area contributed by atoms with Gasteiger partial charge in [-0.25, -0.2) is 0 Å². The van der Waals surface area contributed by atoms with Gasteiger partial charge in [-0.05, 0) is 119 Å². The van der Waals surface area contributed by atoms with Crippen LogP contribution >= 0.6 is 7.44 Å². The summed E-state index contributed by atoms with van der Waals surface area (Å²) in [6, 6.07) is 75.4. The summed E-state index contributed by atoms with van der Waals surface area (Å²) in [5, 5.41) is 5.29. The van der Waals surface area contributed by atoms with Gasteiger partial charge in [-0.3, -0.25) is 13.9 Å². The standard InChI is InChI=1S/C54H36N3O2P/c58-60(43-22-11-4-12-23-43)56(41-18-7-2-8-19-41)50-32-29-39(36-51(50)57(60)42-20-9-3-10-21-42)44-25-15-27-53-54(44)47-35-38(30-33-52(47)59-53)37-28-31-49-46(34-37)45-24-13-14-26-48(45)55(49)40-16-5-1-6-17-40/h1-36H. The van der Waals surface area contributed by atoms with Crippen LogP contribution in [0.5, 0.6) is 0 Å². The Hall–Kier alpha value is -7.59. The first-order chi connectivity index (χ1) is 29.6. The number of aromatic nitrogens is 1. The van der Waals surface area contributed by atoms with Crippen molar-refractivity contribution in [2.45, 2.75) is 0 Å². The molecule has 0 radical (unpaired) electrons. The van der Waals surface area contributed by atoms with Crippen molar-refractivity contribution in [1.82, 2.24) is 4.57 Å². The highest BCUT2D eigenvalue weighted by Crippen LogP contribution is 2.70. The molecule has 284 valence electrons. The molecule has 0 bridgehead atoms. The zero-order valence-corrected chi connectivity index (χ0v) is 33.3. The molecular weight excluding hydrogens is 754 g/mol. The summed E-state index contributed by atoms with van der Waals surface area (Å²) in [5.74, 6) is 0. The van der Waals surface area contributed by atoms with E-state index in [9.17, 15) is 0 Å². The highest BCUT2D eigenvalue weighted by molar-refractivity contribution is 7.76. The van der Waals surface area contributed by atoms with Crippen LogP contribution in [0.3, 0.4) is 0 Å². The zero-order chi connectivity index (χ0) is 39.8. The maximum absolute atomic E-state index is 16.2. The van der Waals surface area contributed by atoms with Gasteiger partial charge in [-0.15, -0.1) is 0 Å². The molecule has 0 saturated carbocycles. The van der Waals surface area contributed by atoms with Crippen LogP contribution in [0.15, 0.2) is 223 Å². The van der Waals surface area contributed by atoms with Crippen LogP contribution < -0.4 is 14.6 Å². The molecule has 3 heterocycles. The fourth-order valence-electron chi connectivity index (χ4n) is 9.26. The number of furan rings is 1. The molecule has 0 N–H and O–H groups in total. The van der Waals surface area contributed by atoms with Crippen molar-refractivity contribution < 1.29 is 8.98 Å². The number of fused-ring (bicyclic) bond motifs is 7. The van der Waals surface area contributed by atoms with Crippen molar-refractivity contribution >= 4 is 79.2 Å². The van der Waals surface area contributed by atoms with E-state index in [1.165, 1.54) is 21.8 Å². The maximum Gasteiger partial charge on any atom is 0.301 e. The smallest absolute Gasteiger partial charge is 0.301 e. The molecule has 0 spiro atoms. The zero-order valence-electron chi connectivity index (χ0n) is 32.4. The molecule has 0 fully saturated rings. The number of para-hydroxylation sites is 4. The van der Waals surface area contributed by atoms with Gasteiger partial charge < -0.3 is 8.98 Å². The normalized spacial score (nSPS) is 15.1. The first-order valence-electron chi connectivity index (χ1n) is 20.2. The number of nitrogens with zero attached hydrogens (tertiary/aromatic N) is 3. The fraction of sp³-hybridized carbons (Fsp3) is 0. The van der Waals surface area contributed by atoms with E-state index in [1.54, 1.807) is 0 Å². The van der Waals surface area contributed by atoms with Gasteiger partial charge in [0.2, 0.25) is 0 Å². The number of hydrogen-bond donors (Lipinski definition) is 0. The summed E-state index contributed by atoms with van der Waals surface area (Å²) in [5.41, 5.74) is 13.0. The Bertz CT molecular complexity index is 3470. The van der Waals surface area contributed by atoms with Gasteiger partial charge in [0.25, 0.3) is 0 Å². The molecular formula is C54H36N3O2P. The van der Waals surface area contributed by atoms with E-state index < -0.39 is 7.44 Å². The van der Waals surface area contributed by atoms with Gasteiger partial charge in [0, 0.05) is 38.6 Å². The molecule has 9 aromatic carbocycles. The average molecular weight is 790 g/mol. The first-order valence-corrected chi connectivity index (χ1v) is 21.8. The summed E-state index contributed by atoms with van der Waals surface area (Å²) < 4.78 is 29.2. The SMILES string of the molecule is O=P1(c2ccccc2)N(c2ccccc2)c2ccc(-c3cccc4oc5ccc(-c6ccc7c(c6)c6ccccc6n7-c6ccccc6)cc5c34)cc2N1c1ccccc1. The second kappa shape index (κ2) is 13.5. The second-order valence-electron chi connectivity index (χ2n) is 15.3. The second-order valence-corrected chi connectivity index (χ2v) is 17.7. The molecule has 1 aliphatic rings. The van der Waals surface area contributed by atoms with Gasteiger partial charge in [0.15, 0.2) is 0 Å². The molecule has 12 rings (SSSR count). The molecule has 5 nitrogen and oxygen atoms in total. The summed E-state index contributed by atoms with van der Waals surface area (Å²) in [6.07, 6.45) is 0. The summed E-state index contributed by atoms with van der Waals surface area (Å²) in [4.78, 5) is 0. The Labute approximate surface area is 347 Å². The predicted octanol–water partition coefficient (Wildman–Crippen LogP) is 14.8. The minimum Gasteiger partial charge on any atom is -0.456 e.